The smallest absolute Gasteiger partial charge is 0.384 e. The first-order chi connectivity index (χ1) is 8.68. The fraction of sp³-hybridized carbons (Fsp3) is 0.455. The first-order valence-corrected chi connectivity index (χ1v) is 5.56. The number of halogens is 3. The molecule has 106 valence electrons. The predicted octanol–water partition coefficient (Wildman–Crippen LogP) is 1.62. The average Bonchev–Trinajstić information content (AvgIpc) is 2.23. The number of carbonyl (C=O) groups excluding carboxylic acids is 1. The molecule has 1 aromatic rings. The number of nitrogens with zero attached hydrogens (tertiary/aromatic N) is 1. The zero-order valence-electron chi connectivity index (χ0n) is 10.5. The molecule has 1 aromatic heterocycles. The summed E-state index contributed by atoms with van der Waals surface area (Å²) in [5.74, 6) is -0.694. The standard InChI is InChI=1S/C11H15F3N4O/c1-6(2)17-10(19)5-16-9-4-7(11(12,13)14)3-8(15)18-9/h3-4,6H,5H2,1-2H3,(H,17,19)(H3,15,16,18). The monoisotopic (exact) mass is 276 g/mol. The maximum atomic E-state index is 12.5. The number of nitrogen functional groups attached to an aromatic ring is 1. The number of pyridine rings is 1. The van der Waals surface area contributed by atoms with Gasteiger partial charge in [-0.15, -0.1) is 0 Å². The van der Waals surface area contributed by atoms with Gasteiger partial charge in [-0.25, -0.2) is 4.98 Å². The predicted molar refractivity (Wildman–Crippen MR) is 65.4 cm³/mol. The molecule has 5 nitrogen and oxygen atoms in total. The second-order valence-electron chi connectivity index (χ2n) is 4.24. The summed E-state index contributed by atoms with van der Waals surface area (Å²) in [6, 6.07) is 1.49. The van der Waals surface area contributed by atoms with Gasteiger partial charge in [-0.2, -0.15) is 13.2 Å². The summed E-state index contributed by atoms with van der Waals surface area (Å²) < 4.78 is 37.6. The number of hydrogen-bond donors (Lipinski definition) is 3. The quantitative estimate of drug-likeness (QED) is 0.780. The minimum Gasteiger partial charge on any atom is -0.384 e. The minimum atomic E-state index is -4.51. The van der Waals surface area contributed by atoms with E-state index in [1.54, 1.807) is 13.8 Å². The molecule has 1 amide bonds. The van der Waals surface area contributed by atoms with Gasteiger partial charge in [0.25, 0.3) is 0 Å². The Balaban J connectivity index is 2.74. The molecular weight excluding hydrogens is 261 g/mol. The number of nitrogens with one attached hydrogen (secondary N) is 2. The number of amides is 1. The number of alkyl halides is 3. The topological polar surface area (TPSA) is 80.0 Å². The number of rotatable bonds is 4. The van der Waals surface area contributed by atoms with Crippen LogP contribution >= 0.6 is 0 Å². The zero-order valence-corrected chi connectivity index (χ0v) is 10.5. The van der Waals surface area contributed by atoms with Crippen molar-refractivity contribution in [2.75, 3.05) is 17.6 Å². The van der Waals surface area contributed by atoms with Crippen LogP contribution in [0.5, 0.6) is 0 Å². The van der Waals surface area contributed by atoms with Crippen molar-refractivity contribution in [1.82, 2.24) is 10.3 Å². The number of anilines is 2. The van der Waals surface area contributed by atoms with Crippen LogP contribution in [0.15, 0.2) is 12.1 Å². The normalized spacial score (nSPS) is 11.5. The van der Waals surface area contributed by atoms with Crippen LogP contribution in [-0.2, 0) is 11.0 Å². The highest BCUT2D eigenvalue weighted by atomic mass is 19.4. The number of carbonyl (C=O) groups is 1. The number of hydrogen-bond acceptors (Lipinski definition) is 4. The molecule has 0 unspecified atom stereocenters. The molecule has 1 rings (SSSR count). The lowest BCUT2D eigenvalue weighted by Gasteiger charge is -2.12. The molecule has 0 atom stereocenters. The number of aromatic nitrogens is 1. The van der Waals surface area contributed by atoms with Crippen molar-refractivity contribution in [3.05, 3.63) is 17.7 Å². The Bertz CT molecular complexity index is 460. The van der Waals surface area contributed by atoms with E-state index < -0.39 is 11.7 Å². The summed E-state index contributed by atoms with van der Waals surface area (Å²) in [5.41, 5.74) is 4.38. The van der Waals surface area contributed by atoms with Gasteiger partial charge in [0.2, 0.25) is 5.91 Å². The first kappa shape index (κ1) is 15.1. The second kappa shape index (κ2) is 5.77. The van der Waals surface area contributed by atoms with E-state index in [2.05, 4.69) is 15.6 Å². The van der Waals surface area contributed by atoms with Crippen molar-refractivity contribution in [1.29, 1.82) is 0 Å². The molecule has 0 aliphatic carbocycles. The van der Waals surface area contributed by atoms with E-state index in [9.17, 15) is 18.0 Å². The maximum Gasteiger partial charge on any atom is 0.416 e. The molecule has 0 aromatic carbocycles. The lowest BCUT2D eigenvalue weighted by atomic mass is 10.2. The first-order valence-electron chi connectivity index (χ1n) is 5.56. The zero-order chi connectivity index (χ0) is 14.6. The Morgan fingerprint density at radius 1 is 1.42 bits per heavy atom. The summed E-state index contributed by atoms with van der Waals surface area (Å²) in [6.07, 6.45) is -4.51. The summed E-state index contributed by atoms with van der Waals surface area (Å²) in [6.45, 7) is 3.38. The highest BCUT2D eigenvalue weighted by Crippen LogP contribution is 2.31. The molecule has 8 heteroatoms. The van der Waals surface area contributed by atoms with Crippen LogP contribution in [0.1, 0.15) is 19.4 Å². The van der Waals surface area contributed by atoms with Gasteiger partial charge in [0.05, 0.1) is 12.1 Å². The van der Waals surface area contributed by atoms with E-state index in [4.69, 9.17) is 5.73 Å². The van der Waals surface area contributed by atoms with Gasteiger partial charge in [0.1, 0.15) is 11.6 Å². The van der Waals surface area contributed by atoms with Crippen molar-refractivity contribution >= 4 is 17.5 Å². The Labute approximate surface area is 108 Å². The SMILES string of the molecule is CC(C)NC(=O)CNc1cc(C(F)(F)F)cc(N)n1. The van der Waals surface area contributed by atoms with Gasteiger partial charge in [0, 0.05) is 6.04 Å². The summed E-state index contributed by atoms with van der Waals surface area (Å²) in [7, 11) is 0. The Kier molecular flexibility index (Phi) is 4.57. The van der Waals surface area contributed by atoms with Crippen LogP contribution < -0.4 is 16.4 Å². The Hall–Kier alpha value is -1.99. The summed E-state index contributed by atoms with van der Waals surface area (Å²) in [5, 5.41) is 5.09. The van der Waals surface area contributed by atoms with Crippen LogP contribution in [0.4, 0.5) is 24.8 Å². The largest absolute Gasteiger partial charge is 0.416 e. The van der Waals surface area contributed by atoms with Crippen molar-refractivity contribution in [3.63, 3.8) is 0 Å². The minimum absolute atomic E-state index is 0.0474. The lowest BCUT2D eigenvalue weighted by Crippen LogP contribution is -2.35. The van der Waals surface area contributed by atoms with Gasteiger partial charge in [0.15, 0.2) is 0 Å². The molecule has 0 radical (unpaired) electrons. The average molecular weight is 276 g/mol. The van der Waals surface area contributed by atoms with E-state index in [0.717, 1.165) is 12.1 Å². The van der Waals surface area contributed by atoms with E-state index in [-0.39, 0.29) is 30.1 Å². The molecule has 0 bridgehead atoms. The number of nitrogens with two attached hydrogens (primary N) is 1. The Morgan fingerprint density at radius 3 is 2.58 bits per heavy atom. The third-order valence-corrected chi connectivity index (χ3v) is 2.05. The Morgan fingerprint density at radius 2 is 2.05 bits per heavy atom. The van der Waals surface area contributed by atoms with Crippen LogP contribution in [0.2, 0.25) is 0 Å². The molecule has 0 aliphatic heterocycles. The molecule has 0 spiro atoms. The molecular formula is C11H15F3N4O. The molecule has 0 aliphatic rings. The third-order valence-electron chi connectivity index (χ3n) is 2.05. The van der Waals surface area contributed by atoms with Crippen molar-refractivity contribution in [3.8, 4) is 0 Å². The van der Waals surface area contributed by atoms with E-state index in [0.29, 0.717) is 0 Å². The molecule has 1 heterocycles. The molecule has 0 fully saturated rings. The maximum absolute atomic E-state index is 12.5. The summed E-state index contributed by atoms with van der Waals surface area (Å²) >= 11 is 0. The summed E-state index contributed by atoms with van der Waals surface area (Å²) in [4.78, 5) is 15.0. The van der Waals surface area contributed by atoms with Gasteiger partial charge in [-0.3, -0.25) is 4.79 Å². The van der Waals surface area contributed by atoms with Crippen LogP contribution in [0, 0.1) is 0 Å². The highest BCUT2D eigenvalue weighted by Gasteiger charge is 2.31. The van der Waals surface area contributed by atoms with E-state index in [1.165, 1.54) is 0 Å². The second-order valence-corrected chi connectivity index (χ2v) is 4.24. The lowest BCUT2D eigenvalue weighted by molar-refractivity contribution is -0.137. The molecule has 0 saturated carbocycles. The van der Waals surface area contributed by atoms with Gasteiger partial charge < -0.3 is 16.4 Å². The van der Waals surface area contributed by atoms with Crippen molar-refractivity contribution in [2.45, 2.75) is 26.1 Å². The molecule has 19 heavy (non-hydrogen) atoms. The van der Waals surface area contributed by atoms with E-state index in [1.807, 2.05) is 0 Å². The van der Waals surface area contributed by atoms with Crippen molar-refractivity contribution in [2.24, 2.45) is 0 Å². The van der Waals surface area contributed by atoms with Gasteiger partial charge >= 0.3 is 6.18 Å². The molecule has 4 N–H and O–H groups in total. The third kappa shape index (κ3) is 5.02. The van der Waals surface area contributed by atoms with Gasteiger partial charge in [-0.05, 0) is 26.0 Å². The highest BCUT2D eigenvalue weighted by molar-refractivity contribution is 5.80. The fourth-order valence-corrected chi connectivity index (χ4v) is 1.35. The van der Waals surface area contributed by atoms with Gasteiger partial charge in [-0.1, -0.05) is 0 Å². The van der Waals surface area contributed by atoms with Crippen molar-refractivity contribution < 1.29 is 18.0 Å². The van der Waals surface area contributed by atoms with Crippen LogP contribution in [-0.4, -0.2) is 23.5 Å². The molecule has 0 saturated heterocycles. The fourth-order valence-electron chi connectivity index (χ4n) is 1.35. The van der Waals surface area contributed by atoms with Crippen LogP contribution in [0.25, 0.3) is 0 Å². The van der Waals surface area contributed by atoms with E-state index >= 15 is 0 Å². The van der Waals surface area contributed by atoms with Crippen LogP contribution in [0.3, 0.4) is 0 Å².